The van der Waals surface area contributed by atoms with Gasteiger partial charge in [-0.25, -0.2) is 11.2 Å². The molecule has 1 amide bonds. The minimum absolute atomic E-state index is 0.00382. The number of amides is 1. The molecule has 1 heterocycles. The zero-order valence-electron chi connectivity index (χ0n) is 25.5. The maximum absolute atomic E-state index is 13.4. The van der Waals surface area contributed by atoms with Crippen LogP contribution in [0.25, 0.3) is 4.85 Å². The van der Waals surface area contributed by atoms with Crippen molar-refractivity contribution < 1.29 is 23.4 Å². The molecule has 9 heteroatoms. The van der Waals surface area contributed by atoms with Gasteiger partial charge in [-0.05, 0) is 66.2 Å². The van der Waals surface area contributed by atoms with Crippen molar-refractivity contribution in [2.75, 3.05) is 19.7 Å². The number of nitrogens with zero attached hydrogens (tertiary/aromatic N) is 3. The summed E-state index contributed by atoms with van der Waals surface area (Å²) in [6, 6.07) is 7.53. The molecular weight excluding hydrogens is 537 g/mol. The van der Waals surface area contributed by atoms with E-state index in [9.17, 15) is 14.4 Å². The molecule has 0 radical (unpaired) electrons. The van der Waals surface area contributed by atoms with E-state index in [1.165, 1.54) is 0 Å². The SMILES string of the molecule is [C-]#[N+]CCOP(OC(CC)C1CCCCN1C(=O)CCCCCC1C(=O)c2ccccc2C1=O)N(C(C)C)C(C)C. The first-order chi connectivity index (χ1) is 19.7. The van der Waals surface area contributed by atoms with Crippen LogP contribution in [-0.2, 0) is 13.8 Å². The predicted molar refractivity (Wildman–Crippen MR) is 163 cm³/mol. The van der Waals surface area contributed by atoms with E-state index in [1.807, 2.05) is 4.90 Å². The fourth-order valence-corrected chi connectivity index (χ4v) is 7.91. The Morgan fingerprint density at radius 3 is 2.32 bits per heavy atom. The van der Waals surface area contributed by atoms with Crippen molar-refractivity contribution in [2.24, 2.45) is 5.92 Å². The van der Waals surface area contributed by atoms with Crippen molar-refractivity contribution in [1.82, 2.24) is 9.57 Å². The Kier molecular flexibility index (Phi) is 13.4. The van der Waals surface area contributed by atoms with Gasteiger partial charge in [-0.2, -0.15) is 0 Å². The number of piperidine rings is 1. The fourth-order valence-electron chi connectivity index (χ4n) is 6.09. The van der Waals surface area contributed by atoms with Gasteiger partial charge in [0.15, 0.2) is 11.6 Å². The van der Waals surface area contributed by atoms with Crippen LogP contribution in [0.5, 0.6) is 0 Å². The number of hydrogen-bond acceptors (Lipinski definition) is 6. The molecule has 41 heavy (non-hydrogen) atoms. The summed E-state index contributed by atoms with van der Waals surface area (Å²) < 4.78 is 15.1. The first-order valence-corrected chi connectivity index (χ1v) is 16.5. The smallest absolute Gasteiger partial charge is 0.259 e. The molecule has 3 unspecified atom stereocenters. The van der Waals surface area contributed by atoms with Crippen LogP contribution in [0.2, 0.25) is 0 Å². The maximum Gasteiger partial charge on any atom is 0.259 e. The van der Waals surface area contributed by atoms with Crippen LogP contribution in [0.15, 0.2) is 24.3 Å². The Hall–Kier alpha value is -2.17. The van der Waals surface area contributed by atoms with Crippen molar-refractivity contribution in [3.8, 4) is 0 Å². The lowest BCUT2D eigenvalue weighted by molar-refractivity contribution is -0.137. The number of carbonyl (C=O) groups excluding carboxylic acids is 3. The summed E-state index contributed by atoms with van der Waals surface area (Å²) in [5, 5.41) is 0. The highest BCUT2D eigenvalue weighted by atomic mass is 31.2. The van der Waals surface area contributed by atoms with Crippen LogP contribution in [-0.4, -0.2) is 71.0 Å². The van der Waals surface area contributed by atoms with E-state index in [4.69, 9.17) is 15.6 Å². The van der Waals surface area contributed by atoms with Gasteiger partial charge >= 0.3 is 0 Å². The maximum atomic E-state index is 13.4. The second kappa shape index (κ2) is 16.5. The average Bonchev–Trinajstić information content (AvgIpc) is 3.20. The minimum Gasteiger partial charge on any atom is -0.337 e. The van der Waals surface area contributed by atoms with E-state index < -0.39 is 14.4 Å². The lowest BCUT2D eigenvalue weighted by Gasteiger charge is -2.43. The quantitative estimate of drug-likeness (QED) is 0.0892. The number of likely N-dealkylation sites (tertiary alicyclic amines) is 1. The third-order valence-electron chi connectivity index (χ3n) is 8.05. The normalized spacial score (nSPS) is 19.2. The number of carbonyl (C=O) groups is 3. The Morgan fingerprint density at radius 2 is 1.73 bits per heavy atom. The highest BCUT2D eigenvalue weighted by Crippen LogP contribution is 2.48. The van der Waals surface area contributed by atoms with Crippen molar-refractivity contribution in [3.05, 3.63) is 46.8 Å². The average molecular weight is 586 g/mol. The van der Waals surface area contributed by atoms with Gasteiger partial charge in [0.05, 0.1) is 18.1 Å². The van der Waals surface area contributed by atoms with E-state index >= 15 is 0 Å². The van der Waals surface area contributed by atoms with Crippen LogP contribution in [0.3, 0.4) is 0 Å². The molecule has 0 N–H and O–H groups in total. The topological polar surface area (TPSA) is 80.5 Å². The molecule has 0 aromatic heterocycles. The highest BCUT2D eigenvalue weighted by molar-refractivity contribution is 7.44. The van der Waals surface area contributed by atoms with Gasteiger partial charge in [0.2, 0.25) is 12.5 Å². The first kappa shape index (κ1) is 33.3. The predicted octanol–water partition coefficient (Wildman–Crippen LogP) is 7.09. The van der Waals surface area contributed by atoms with E-state index in [1.54, 1.807) is 24.3 Å². The second-order valence-corrected chi connectivity index (χ2v) is 13.1. The lowest BCUT2D eigenvalue weighted by Crippen LogP contribution is -2.50. The molecule has 1 aromatic carbocycles. The molecule has 2 aliphatic rings. The molecule has 3 atom stereocenters. The fraction of sp³-hybridized carbons (Fsp3) is 0.688. The molecule has 1 saturated heterocycles. The van der Waals surface area contributed by atoms with Gasteiger partial charge < -0.3 is 18.8 Å². The van der Waals surface area contributed by atoms with Crippen molar-refractivity contribution in [1.29, 1.82) is 0 Å². The molecule has 0 bridgehead atoms. The Morgan fingerprint density at radius 1 is 1.07 bits per heavy atom. The highest BCUT2D eigenvalue weighted by Gasteiger charge is 2.38. The molecule has 1 aromatic rings. The monoisotopic (exact) mass is 585 g/mol. The van der Waals surface area contributed by atoms with Gasteiger partial charge in [0, 0.05) is 36.2 Å². The van der Waals surface area contributed by atoms with Crippen LogP contribution in [0.4, 0.5) is 0 Å². The number of unbranched alkanes of at least 4 members (excludes halogenated alkanes) is 2. The Balaban J connectivity index is 1.55. The van der Waals surface area contributed by atoms with E-state index in [0.717, 1.165) is 51.5 Å². The second-order valence-electron chi connectivity index (χ2n) is 11.6. The van der Waals surface area contributed by atoms with Crippen molar-refractivity contribution >= 4 is 26.0 Å². The Labute approximate surface area is 247 Å². The Bertz CT molecular complexity index is 1030. The first-order valence-electron chi connectivity index (χ1n) is 15.4. The molecule has 1 aliphatic carbocycles. The summed E-state index contributed by atoms with van der Waals surface area (Å²) in [7, 11) is -1.37. The molecule has 3 rings (SSSR count). The molecule has 8 nitrogen and oxygen atoms in total. The number of fused-ring (bicyclic) bond motifs is 1. The summed E-state index contributed by atoms with van der Waals surface area (Å²) in [6.45, 7) is 19.1. The molecule has 1 aliphatic heterocycles. The molecule has 226 valence electrons. The zero-order valence-corrected chi connectivity index (χ0v) is 26.4. The third kappa shape index (κ3) is 8.67. The molecule has 0 spiro atoms. The zero-order chi connectivity index (χ0) is 29.9. The minimum atomic E-state index is -1.37. The van der Waals surface area contributed by atoms with Crippen LogP contribution < -0.4 is 0 Å². The molecule has 1 fully saturated rings. The third-order valence-corrected chi connectivity index (χ3v) is 10.2. The number of Topliss-reactive ketones (excluding diaryl/α,β-unsaturated/α-hetero) is 2. The van der Waals surface area contributed by atoms with Crippen LogP contribution in [0.1, 0.15) is 113 Å². The molecular formula is C32H48N3O5P. The summed E-state index contributed by atoms with van der Waals surface area (Å²) in [5.41, 5.74) is 1.10. The summed E-state index contributed by atoms with van der Waals surface area (Å²) in [5.74, 6) is -0.537. The van der Waals surface area contributed by atoms with E-state index in [0.29, 0.717) is 37.1 Å². The van der Waals surface area contributed by atoms with E-state index in [2.05, 4.69) is 44.1 Å². The van der Waals surface area contributed by atoms with Gasteiger partial charge in [0.1, 0.15) is 6.61 Å². The standard InChI is InChI=1S/C32H48N3O5P/c1-7-29(40-41(39-22-20-33-6)35(23(2)3)24(4)5)28-18-13-14-21-34(28)30(36)19-10-8-9-17-27-31(37)25-15-11-12-16-26(25)32(27)38/h11-12,15-16,23-24,27-29H,7-10,13-14,17-22H2,1-5H3. The van der Waals surface area contributed by atoms with Gasteiger partial charge in [-0.1, -0.05) is 44.0 Å². The largest absolute Gasteiger partial charge is 0.337 e. The number of benzene rings is 1. The number of ketones is 2. The summed E-state index contributed by atoms with van der Waals surface area (Å²) >= 11 is 0. The van der Waals surface area contributed by atoms with Crippen molar-refractivity contribution in [2.45, 2.75) is 117 Å². The lowest BCUT2D eigenvalue weighted by atomic mass is 9.94. The summed E-state index contributed by atoms with van der Waals surface area (Å²) in [4.78, 5) is 44.2. The number of hydrogen-bond donors (Lipinski definition) is 0. The number of rotatable bonds is 16. The molecule has 0 saturated carbocycles. The van der Waals surface area contributed by atoms with Gasteiger partial charge in [-0.3, -0.25) is 14.4 Å². The van der Waals surface area contributed by atoms with Crippen molar-refractivity contribution in [3.63, 3.8) is 0 Å². The van der Waals surface area contributed by atoms with Gasteiger partial charge in [0.25, 0.3) is 8.53 Å². The van der Waals surface area contributed by atoms with Gasteiger partial charge in [-0.15, -0.1) is 0 Å². The van der Waals surface area contributed by atoms with E-state index in [-0.39, 0.29) is 41.7 Å². The van der Waals surface area contributed by atoms with Crippen LogP contribution in [0, 0.1) is 12.5 Å². The summed E-state index contributed by atoms with van der Waals surface area (Å²) in [6.07, 6.45) is 6.89. The van der Waals surface area contributed by atoms with Crippen LogP contribution >= 0.6 is 8.53 Å².